The molecule has 0 radical (unpaired) electrons. The van der Waals surface area contributed by atoms with E-state index < -0.39 is 0 Å². The Labute approximate surface area is 264 Å². The summed E-state index contributed by atoms with van der Waals surface area (Å²) in [6.45, 7) is 21.9. The van der Waals surface area contributed by atoms with E-state index in [0.29, 0.717) is 0 Å². The van der Waals surface area contributed by atoms with Gasteiger partial charge in [0.25, 0.3) is 0 Å². The number of rotatable bonds is 9. The van der Waals surface area contributed by atoms with Gasteiger partial charge in [0.05, 0.1) is 5.41 Å². The minimum absolute atomic E-state index is 0.234. The molecular weight excluding hydrogens is 532 g/mol. The number of fused-ring (bicyclic) bond motifs is 2. The Hall–Kier alpha value is -1.28. The van der Waals surface area contributed by atoms with Crippen LogP contribution in [0.3, 0.4) is 0 Å². The third-order valence-corrected chi connectivity index (χ3v) is 12.5. The Morgan fingerprint density at radius 3 is 2.19 bits per heavy atom. The molecule has 234 valence electrons. The second-order valence-electron chi connectivity index (χ2n) is 16.4. The van der Waals surface area contributed by atoms with E-state index in [1.807, 2.05) is 0 Å². The van der Waals surface area contributed by atoms with Gasteiger partial charge >= 0.3 is 0 Å². The average Bonchev–Trinajstić information content (AvgIpc) is 3.48. The van der Waals surface area contributed by atoms with E-state index in [4.69, 9.17) is 11.6 Å². The third kappa shape index (κ3) is 6.27. The summed E-state index contributed by atoms with van der Waals surface area (Å²) < 4.78 is 2.82. The van der Waals surface area contributed by atoms with Crippen molar-refractivity contribution in [3.63, 3.8) is 0 Å². The molecule has 0 aromatic rings. The molecule has 0 N–H and O–H groups in total. The zero-order chi connectivity index (χ0) is 30.2. The summed E-state index contributed by atoms with van der Waals surface area (Å²) in [6.07, 6.45) is 25.5. The minimum Gasteiger partial charge on any atom is -0.371 e. The Kier molecular flexibility index (Phi) is 9.93. The smallest absolute Gasteiger partial charge is 0.182 e. The van der Waals surface area contributed by atoms with Crippen LogP contribution in [0.4, 0.5) is 0 Å². The van der Waals surface area contributed by atoms with Crippen molar-refractivity contribution >= 4 is 17.3 Å². The maximum atomic E-state index is 7.17. The van der Waals surface area contributed by atoms with Gasteiger partial charge in [-0.2, -0.15) is 0 Å². The molecule has 5 rings (SSSR count). The lowest BCUT2D eigenvalue weighted by Crippen LogP contribution is -2.35. The first kappa shape index (κ1) is 32.1. The van der Waals surface area contributed by atoms with Crippen LogP contribution in [0.5, 0.6) is 0 Å². The molecule has 2 heterocycles. The molecule has 3 fully saturated rings. The zero-order valence-electron chi connectivity index (χ0n) is 28.4. The summed E-state index contributed by atoms with van der Waals surface area (Å²) in [5.74, 6) is 3.05. The van der Waals surface area contributed by atoms with Gasteiger partial charge in [-0.1, -0.05) is 84.6 Å². The first-order chi connectivity index (χ1) is 19.9. The molecule has 0 spiro atoms. The standard InChI is InChI=1S/C39H62ClN2/c1-27(2)23-25-41-33-15-11-9-13-31(33)38(5,6)35(41)21-19-29-17-18-30(37(29)40)20-22-36-39(7,8)32-14-10-12-16-34(32)42(36)26-24-28(3)4/h19-22,27-28,31-34H,9-18,23-26H2,1-8H3/q+1. The van der Waals surface area contributed by atoms with Crippen LogP contribution < -0.4 is 0 Å². The maximum absolute atomic E-state index is 7.17. The van der Waals surface area contributed by atoms with Gasteiger partial charge in [-0.25, -0.2) is 4.58 Å². The van der Waals surface area contributed by atoms with Crippen molar-refractivity contribution in [3.05, 3.63) is 46.2 Å². The Morgan fingerprint density at radius 1 is 0.810 bits per heavy atom. The predicted octanol–water partition coefficient (Wildman–Crippen LogP) is 10.7. The highest BCUT2D eigenvalue weighted by Crippen LogP contribution is 2.53. The minimum atomic E-state index is 0.234. The molecule has 5 aliphatic rings. The Morgan fingerprint density at radius 2 is 1.48 bits per heavy atom. The van der Waals surface area contributed by atoms with Crippen LogP contribution >= 0.6 is 11.6 Å². The quantitative estimate of drug-likeness (QED) is 0.241. The van der Waals surface area contributed by atoms with E-state index in [1.165, 1.54) is 88.4 Å². The molecule has 0 amide bonds. The normalized spacial score (nSPS) is 32.9. The van der Waals surface area contributed by atoms with E-state index in [2.05, 4.69) is 89.2 Å². The first-order valence-corrected chi connectivity index (χ1v) is 18.2. The van der Waals surface area contributed by atoms with Crippen LogP contribution in [0.1, 0.15) is 132 Å². The van der Waals surface area contributed by atoms with E-state index in [1.54, 1.807) is 11.4 Å². The third-order valence-electron chi connectivity index (χ3n) is 12.1. The van der Waals surface area contributed by atoms with Crippen molar-refractivity contribution in [2.45, 2.75) is 145 Å². The second-order valence-corrected chi connectivity index (χ2v) is 16.8. The lowest BCUT2D eigenvalue weighted by Gasteiger charge is -2.34. The highest BCUT2D eigenvalue weighted by atomic mass is 35.5. The summed E-state index contributed by atoms with van der Waals surface area (Å²) >= 11 is 7.17. The molecule has 3 aliphatic carbocycles. The first-order valence-electron chi connectivity index (χ1n) is 17.8. The van der Waals surface area contributed by atoms with Gasteiger partial charge in [0.2, 0.25) is 0 Å². The number of hydrogen-bond donors (Lipinski definition) is 0. The number of nitrogens with zero attached hydrogens (tertiary/aromatic N) is 2. The van der Waals surface area contributed by atoms with Gasteiger partial charge in [0, 0.05) is 53.6 Å². The molecule has 2 aliphatic heterocycles. The van der Waals surface area contributed by atoms with Crippen molar-refractivity contribution < 1.29 is 4.58 Å². The monoisotopic (exact) mass is 593 g/mol. The molecule has 4 unspecified atom stereocenters. The van der Waals surface area contributed by atoms with Crippen molar-refractivity contribution in [1.82, 2.24) is 4.90 Å². The van der Waals surface area contributed by atoms with Gasteiger partial charge in [-0.05, 0) is 93.8 Å². The number of allylic oxidation sites excluding steroid dienone is 8. The molecule has 0 aromatic heterocycles. The van der Waals surface area contributed by atoms with E-state index >= 15 is 0 Å². The Balaban J connectivity index is 1.41. The summed E-state index contributed by atoms with van der Waals surface area (Å²) in [4.78, 5) is 2.82. The molecule has 2 nitrogen and oxygen atoms in total. The Bertz CT molecular complexity index is 1140. The highest BCUT2D eigenvalue weighted by Gasteiger charge is 2.54. The van der Waals surface area contributed by atoms with Crippen LogP contribution in [-0.4, -0.2) is 40.4 Å². The van der Waals surface area contributed by atoms with Crippen molar-refractivity contribution in [2.75, 3.05) is 13.1 Å². The van der Waals surface area contributed by atoms with Gasteiger partial charge in [0.1, 0.15) is 6.54 Å². The molecular formula is C39H62ClN2+. The summed E-state index contributed by atoms with van der Waals surface area (Å²) in [5, 5.41) is 1.01. The number of hydrogen-bond acceptors (Lipinski definition) is 1. The van der Waals surface area contributed by atoms with Crippen LogP contribution in [0, 0.1) is 34.5 Å². The lowest BCUT2D eigenvalue weighted by molar-refractivity contribution is -0.567. The zero-order valence-corrected chi connectivity index (χ0v) is 29.2. The molecule has 3 heteroatoms. The van der Waals surface area contributed by atoms with Crippen molar-refractivity contribution in [3.8, 4) is 0 Å². The van der Waals surface area contributed by atoms with Crippen molar-refractivity contribution in [1.29, 1.82) is 0 Å². The fourth-order valence-electron chi connectivity index (χ4n) is 9.49. The summed E-state index contributed by atoms with van der Waals surface area (Å²) in [7, 11) is 0. The lowest BCUT2D eigenvalue weighted by atomic mass is 9.69. The van der Waals surface area contributed by atoms with Gasteiger partial charge in [-0.15, -0.1) is 0 Å². The van der Waals surface area contributed by atoms with E-state index in [9.17, 15) is 0 Å². The van der Waals surface area contributed by atoms with Crippen LogP contribution in [0.2, 0.25) is 0 Å². The molecule has 1 saturated heterocycles. The number of halogens is 1. The summed E-state index contributed by atoms with van der Waals surface area (Å²) in [6, 6.07) is 1.44. The fourth-order valence-corrected chi connectivity index (χ4v) is 9.80. The fraction of sp³-hybridized carbons (Fsp3) is 0.769. The van der Waals surface area contributed by atoms with Gasteiger partial charge < -0.3 is 4.90 Å². The van der Waals surface area contributed by atoms with Crippen molar-refractivity contribution in [2.24, 2.45) is 34.5 Å². The average molecular weight is 594 g/mol. The van der Waals surface area contributed by atoms with E-state index in [-0.39, 0.29) is 10.8 Å². The molecule has 2 saturated carbocycles. The number of likely N-dealkylation sites (tertiary alicyclic amines) is 1. The second kappa shape index (κ2) is 13.0. The molecule has 0 aromatic carbocycles. The predicted molar refractivity (Wildman–Crippen MR) is 182 cm³/mol. The SMILES string of the molecule is CC(C)CCN1/C(=C/C=C2\CCC(/C=C/C3=[N+](CCC(C)C)C4CCCCC4C3(C)C)=C2Cl)C(C)(C)C2CCCCC21. The largest absolute Gasteiger partial charge is 0.371 e. The van der Waals surface area contributed by atoms with Crippen LogP contribution in [0.25, 0.3) is 0 Å². The van der Waals surface area contributed by atoms with Crippen LogP contribution in [-0.2, 0) is 0 Å². The summed E-state index contributed by atoms with van der Waals surface area (Å²) in [5.41, 5.74) is 6.26. The molecule has 42 heavy (non-hydrogen) atoms. The highest BCUT2D eigenvalue weighted by molar-refractivity contribution is 6.33. The molecule has 0 bridgehead atoms. The van der Waals surface area contributed by atoms with Gasteiger partial charge in [-0.3, -0.25) is 0 Å². The van der Waals surface area contributed by atoms with Gasteiger partial charge in [0.15, 0.2) is 11.8 Å². The van der Waals surface area contributed by atoms with Crippen LogP contribution in [0.15, 0.2) is 46.2 Å². The topological polar surface area (TPSA) is 6.25 Å². The van der Waals surface area contributed by atoms with E-state index in [0.717, 1.165) is 53.6 Å². The maximum Gasteiger partial charge on any atom is 0.182 e. The molecule has 4 atom stereocenters.